The Morgan fingerprint density at radius 2 is 2.36 bits per heavy atom. The number of nitrogens with one attached hydrogen (secondary N) is 1. The fourth-order valence-electron chi connectivity index (χ4n) is 3.03. The zero-order chi connectivity index (χ0) is 14.9. The molecule has 0 aromatic carbocycles. The molecule has 0 spiro atoms. The second kappa shape index (κ2) is 5.42. The number of aromatic nitrogens is 3. The molecule has 1 aliphatic rings. The smallest absolute Gasteiger partial charge is 0.191 e. The molecule has 1 N–H and O–H groups in total. The number of hydrogen-bond donors (Lipinski definition) is 1. The van der Waals surface area contributed by atoms with E-state index in [2.05, 4.69) is 38.2 Å². The highest BCUT2D eigenvalue weighted by Gasteiger charge is 2.16. The van der Waals surface area contributed by atoms with Gasteiger partial charge in [-0.25, -0.2) is 9.97 Å². The van der Waals surface area contributed by atoms with E-state index in [1.165, 1.54) is 16.5 Å². The molecule has 0 saturated carbocycles. The summed E-state index contributed by atoms with van der Waals surface area (Å²) in [4.78, 5) is 14.4. The third-order valence-corrected chi connectivity index (χ3v) is 4.14. The van der Waals surface area contributed by atoms with Gasteiger partial charge in [-0.1, -0.05) is 6.08 Å². The van der Waals surface area contributed by atoms with E-state index in [4.69, 9.17) is 4.42 Å². The Morgan fingerprint density at radius 3 is 3.14 bits per heavy atom. The van der Waals surface area contributed by atoms with Crippen LogP contribution in [0.4, 0.5) is 0 Å². The molecule has 0 fully saturated rings. The molecule has 1 aliphatic heterocycles. The minimum Gasteiger partial charge on any atom is -0.449 e. The van der Waals surface area contributed by atoms with Crippen LogP contribution in [-0.2, 0) is 6.54 Å². The van der Waals surface area contributed by atoms with Gasteiger partial charge in [0.2, 0.25) is 0 Å². The van der Waals surface area contributed by atoms with Gasteiger partial charge in [-0.3, -0.25) is 4.90 Å². The molecule has 0 bridgehead atoms. The molecule has 0 saturated heterocycles. The van der Waals surface area contributed by atoms with Crippen LogP contribution in [0.5, 0.6) is 0 Å². The summed E-state index contributed by atoms with van der Waals surface area (Å²) in [5.74, 6) is 0.731. The first-order valence-electron chi connectivity index (χ1n) is 7.54. The lowest BCUT2D eigenvalue weighted by atomic mass is 9.99. The summed E-state index contributed by atoms with van der Waals surface area (Å²) in [6.45, 7) is 4.69. The van der Waals surface area contributed by atoms with Crippen molar-refractivity contribution in [2.24, 2.45) is 0 Å². The Labute approximate surface area is 128 Å². The number of aromatic amines is 1. The molecule has 5 nitrogen and oxygen atoms in total. The van der Waals surface area contributed by atoms with E-state index in [9.17, 15) is 0 Å². The fraction of sp³-hybridized carbons (Fsp3) is 0.294. The maximum absolute atomic E-state index is 5.27. The van der Waals surface area contributed by atoms with Crippen molar-refractivity contribution in [2.45, 2.75) is 19.9 Å². The van der Waals surface area contributed by atoms with Crippen LogP contribution in [0.3, 0.4) is 0 Å². The number of oxazole rings is 1. The Kier molecular flexibility index (Phi) is 3.27. The molecular formula is C17H18N4O. The molecule has 4 heterocycles. The van der Waals surface area contributed by atoms with Crippen LogP contribution in [0.15, 0.2) is 41.3 Å². The van der Waals surface area contributed by atoms with Gasteiger partial charge in [0.15, 0.2) is 5.89 Å². The molecule has 112 valence electrons. The molecule has 3 aromatic heterocycles. The van der Waals surface area contributed by atoms with Gasteiger partial charge < -0.3 is 9.40 Å². The summed E-state index contributed by atoms with van der Waals surface area (Å²) in [6.07, 6.45) is 8.99. The predicted octanol–water partition coefficient (Wildman–Crippen LogP) is 3.15. The monoisotopic (exact) mass is 294 g/mol. The van der Waals surface area contributed by atoms with Gasteiger partial charge in [-0.2, -0.15) is 0 Å². The summed E-state index contributed by atoms with van der Waals surface area (Å²) >= 11 is 0. The Bertz CT molecular complexity index is 830. The van der Waals surface area contributed by atoms with Crippen LogP contribution in [-0.4, -0.2) is 32.9 Å². The SMILES string of the molecule is Cc1nc(CN2CC=C(c3c[nH]c4ncccc34)CC2)co1. The Balaban J connectivity index is 1.51. The number of hydrogen-bond acceptors (Lipinski definition) is 4. The summed E-state index contributed by atoms with van der Waals surface area (Å²) in [6, 6.07) is 4.11. The van der Waals surface area contributed by atoms with Crippen LogP contribution >= 0.6 is 0 Å². The lowest BCUT2D eigenvalue weighted by Crippen LogP contribution is -2.28. The molecule has 3 aromatic rings. The highest BCUT2D eigenvalue weighted by atomic mass is 16.3. The Hall–Kier alpha value is -2.40. The standard InChI is InChI=1S/C17H18N4O/c1-12-20-14(11-22-12)10-21-7-4-13(5-8-21)16-9-19-17-15(16)3-2-6-18-17/h2-4,6,9,11H,5,7-8,10H2,1H3,(H,18,19). The molecule has 0 amide bonds. The molecule has 22 heavy (non-hydrogen) atoms. The van der Waals surface area contributed by atoms with Crippen LogP contribution < -0.4 is 0 Å². The normalized spacial score (nSPS) is 16.1. The minimum absolute atomic E-state index is 0.731. The second-order valence-electron chi connectivity index (χ2n) is 5.67. The van der Waals surface area contributed by atoms with Gasteiger partial charge in [-0.05, 0) is 24.1 Å². The molecule has 0 unspecified atom stereocenters. The number of H-pyrrole nitrogens is 1. The van der Waals surface area contributed by atoms with Gasteiger partial charge >= 0.3 is 0 Å². The third kappa shape index (κ3) is 2.44. The largest absolute Gasteiger partial charge is 0.449 e. The van der Waals surface area contributed by atoms with Gasteiger partial charge in [0, 0.05) is 49.9 Å². The van der Waals surface area contributed by atoms with Crippen molar-refractivity contribution in [3.05, 3.63) is 54.0 Å². The fourth-order valence-corrected chi connectivity index (χ4v) is 3.03. The highest BCUT2D eigenvalue weighted by Crippen LogP contribution is 2.28. The first kappa shape index (κ1) is 13.3. The van der Waals surface area contributed by atoms with Crippen molar-refractivity contribution >= 4 is 16.6 Å². The van der Waals surface area contributed by atoms with Gasteiger partial charge in [0.25, 0.3) is 0 Å². The molecule has 4 rings (SSSR count). The van der Waals surface area contributed by atoms with E-state index in [0.29, 0.717) is 0 Å². The van der Waals surface area contributed by atoms with Gasteiger partial charge in [-0.15, -0.1) is 0 Å². The quantitative estimate of drug-likeness (QED) is 0.806. The van der Waals surface area contributed by atoms with Crippen LogP contribution in [0.1, 0.15) is 23.6 Å². The average molecular weight is 294 g/mol. The topological polar surface area (TPSA) is 58.0 Å². The van der Waals surface area contributed by atoms with E-state index in [0.717, 1.165) is 43.3 Å². The second-order valence-corrected chi connectivity index (χ2v) is 5.67. The lowest BCUT2D eigenvalue weighted by Gasteiger charge is -2.25. The molecular weight excluding hydrogens is 276 g/mol. The lowest BCUT2D eigenvalue weighted by molar-refractivity contribution is 0.290. The van der Waals surface area contributed by atoms with E-state index in [-0.39, 0.29) is 0 Å². The zero-order valence-electron chi connectivity index (χ0n) is 12.5. The first-order chi connectivity index (χ1) is 10.8. The first-order valence-corrected chi connectivity index (χ1v) is 7.54. The van der Waals surface area contributed by atoms with Crippen LogP contribution in [0, 0.1) is 6.92 Å². The average Bonchev–Trinajstić information content (AvgIpc) is 3.14. The number of pyridine rings is 1. The van der Waals surface area contributed by atoms with Crippen molar-refractivity contribution in [3.8, 4) is 0 Å². The Morgan fingerprint density at radius 1 is 1.41 bits per heavy atom. The number of aryl methyl sites for hydroxylation is 1. The van der Waals surface area contributed by atoms with Gasteiger partial charge in [0.05, 0.1) is 5.69 Å². The maximum Gasteiger partial charge on any atom is 0.191 e. The van der Waals surface area contributed by atoms with E-state index >= 15 is 0 Å². The zero-order valence-corrected chi connectivity index (χ0v) is 12.5. The van der Waals surface area contributed by atoms with E-state index < -0.39 is 0 Å². The van der Waals surface area contributed by atoms with E-state index in [1.54, 1.807) is 6.26 Å². The predicted molar refractivity (Wildman–Crippen MR) is 85.2 cm³/mol. The van der Waals surface area contributed by atoms with Gasteiger partial charge in [0.1, 0.15) is 11.9 Å². The van der Waals surface area contributed by atoms with Crippen molar-refractivity contribution in [3.63, 3.8) is 0 Å². The number of fused-ring (bicyclic) bond motifs is 1. The van der Waals surface area contributed by atoms with Crippen molar-refractivity contribution in [2.75, 3.05) is 13.1 Å². The van der Waals surface area contributed by atoms with E-state index in [1.807, 2.05) is 19.2 Å². The number of nitrogens with zero attached hydrogens (tertiary/aromatic N) is 3. The summed E-state index contributed by atoms with van der Waals surface area (Å²) in [7, 11) is 0. The summed E-state index contributed by atoms with van der Waals surface area (Å²) in [5, 5.41) is 1.20. The maximum atomic E-state index is 5.27. The third-order valence-electron chi connectivity index (χ3n) is 4.14. The van der Waals surface area contributed by atoms with Crippen molar-refractivity contribution < 1.29 is 4.42 Å². The highest BCUT2D eigenvalue weighted by molar-refractivity contribution is 5.90. The van der Waals surface area contributed by atoms with Crippen molar-refractivity contribution in [1.82, 2.24) is 19.9 Å². The van der Waals surface area contributed by atoms with Crippen LogP contribution in [0.25, 0.3) is 16.6 Å². The van der Waals surface area contributed by atoms with Crippen LogP contribution in [0.2, 0.25) is 0 Å². The molecule has 0 radical (unpaired) electrons. The van der Waals surface area contributed by atoms with Crippen molar-refractivity contribution in [1.29, 1.82) is 0 Å². The summed E-state index contributed by atoms with van der Waals surface area (Å²) < 4.78 is 5.27. The molecule has 0 atom stereocenters. The summed E-state index contributed by atoms with van der Waals surface area (Å²) in [5.41, 5.74) is 4.64. The molecule has 5 heteroatoms. The molecule has 0 aliphatic carbocycles. The number of rotatable bonds is 3. The minimum atomic E-state index is 0.731.